The third-order valence-corrected chi connectivity index (χ3v) is 2.42. The van der Waals surface area contributed by atoms with Crippen molar-refractivity contribution in [2.75, 3.05) is 12.0 Å². The van der Waals surface area contributed by atoms with E-state index in [2.05, 4.69) is 16.4 Å². The second kappa shape index (κ2) is 2.61. The Bertz CT molecular complexity index is 543. The third-order valence-electron chi connectivity index (χ3n) is 2.42. The largest absolute Gasteiger partial charge is 0.462 e. The Hall–Kier alpha value is -1.77. The van der Waals surface area contributed by atoms with E-state index < -0.39 is 0 Å². The van der Waals surface area contributed by atoms with Crippen LogP contribution in [0.2, 0.25) is 0 Å². The molecule has 0 saturated carbocycles. The van der Waals surface area contributed by atoms with Crippen molar-refractivity contribution in [1.82, 2.24) is 0 Å². The van der Waals surface area contributed by atoms with Crippen LogP contribution >= 0.6 is 0 Å². The van der Waals surface area contributed by atoms with Crippen molar-refractivity contribution in [3.8, 4) is 5.75 Å². The van der Waals surface area contributed by atoms with Gasteiger partial charge < -0.3 is 10.1 Å². The molecule has 0 atom stereocenters. The van der Waals surface area contributed by atoms with Gasteiger partial charge in [-0.2, -0.15) is 0 Å². The summed E-state index contributed by atoms with van der Waals surface area (Å²) in [7, 11) is 0. The van der Waals surface area contributed by atoms with Gasteiger partial charge in [-0.1, -0.05) is 0 Å². The van der Waals surface area contributed by atoms with Gasteiger partial charge in [-0.05, 0) is 30.7 Å². The molecule has 3 heteroatoms. The molecular weight excluding hydrogens is 176 g/mol. The number of hydrogen-bond acceptors (Lipinski definition) is 3. The maximum Gasteiger partial charge on any atom is 0.159 e. The first-order valence-electron chi connectivity index (χ1n) is 4.61. The van der Waals surface area contributed by atoms with Crippen LogP contribution in [0.1, 0.15) is 6.92 Å². The first kappa shape index (κ1) is 7.62. The van der Waals surface area contributed by atoms with Crippen LogP contribution in [-0.2, 0) is 0 Å². The van der Waals surface area contributed by atoms with Crippen LogP contribution in [0, 0.1) is 0 Å². The molecule has 0 spiro atoms. The Balaban J connectivity index is 2.35. The van der Waals surface area contributed by atoms with Crippen LogP contribution in [0.3, 0.4) is 0 Å². The molecular formula is C11H10N2O. The highest BCUT2D eigenvalue weighted by atomic mass is 16.5. The second-order valence-corrected chi connectivity index (χ2v) is 3.50. The summed E-state index contributed by atoms with van der Waals surface area (Å²) in [5, 5.41) is 5.31. The molecule has 3 rings (SSSR count). The SMILES string of the molecule is CC1=COc2c3c(ccc2=C1)=NCN3. The number of nitrogens with zero attached hydrogens (tertiary/aromatic N) is 1. The predicted octanol–water partition coefficient (Wildman–Crippen LogP) is 0.766. The quantitative estimate of drug-likeness (QED) is 0.649. The summed E-state index contributed by atoms with van der Waals surface area (Å²) in [6.07, 6.45) is 3.88. The van der Waals surface area contributed by atoms with Crippen LogP contribution in [0.5, 0.6) is 5.75 Å². The molecule has 70 valence electrons. The van der Waals surface area contributed by atoms with Crippen LogP contribution in [0.25, 0.3) is 6.08 Å². The van der Waals surface area contributed by atoms with Crippen molar-refractivity contribution >= 4 is 11.8 Å². The normalized spacial score (nSPS) is 16.5. The lowest BCUT2D eigenvalue weighted by molar-refractivity contribution is 0.472. The summed E-state index contributed by atoms with van der Waals surface area (Å²) in [4.78, 5) is 4.30. The number of rotatable bonds is 0. The van der Waals surface area contributed by atoms with E-state index >= 15 is 0 Å². The topological polar surface area (TPSA) is 33.6 Å². The second-order valence-electron chi connectivity index (χ2n) is 3.50. The molecule has 0 amide bonds. The Morgan fingerprint density at radius 2 is 2.36 bits per heavy atom. The van der Waals surface area contributed by atoms with Crippen molar-refractivity contribution in [2.45, 2.75) is 6.92 Å². The Kier molecular flexibility index (Phi) is 1.42. The zero-order valence-electron chi connectivity index (χ0n) is 7.87. The van der Waals surface area contributed by atoms with Crippen molar-refractivity contribution in [3.05, 3.63) is 34.5 Å². The highest BCUT2D eigenvalue weighted by molar-refractivity contribution is 5.64. The molecule has 2 heterocycles. The number of nitrogens with one attached hydrogen (secondary N) is 1. The van der Waals surface area contributed by atoms with Gasteiger partial charge in [0, 0.05) is 5.22 Å². The van der Waals surface area contributed by atoms with Crippen molar-refractivity contribution in [3.63, 3.8) is 0 Å². The fourth-order valence-corrected chi connectivity index (χ4v) is 1.77. The Morgan fingerprint density at radius 3 is 3.29 bits per heavy atom. The Morgan fingerprint density at radius 1 is 1.43 bits per heavy atom. The van der Waals surface area contributed by atoms with E-state index in [1.165, 1.54) is 0 Å². The predicted molar refractivity (Wildman–Crippen MR) is 54.6 cm³/mol. The van der Waals surface area contributed by atoms with E-state index in [0.29, 0.717) is 6.67 Å². The molecule has 0 unspecified atom stereocenters. The Labute approximate surface area is 81.4 Å². The van der Waals surface area contributed by atoms with E-state index in [0.717, 1.165) is 27.6 Å². The number of anilines is 1. The van der Waals surface area contributed by atoms with E-state index in [9.17, 15) is 0 Å². The summed E-state index contributed by atoms with van der Waals surface area (Å²) in [5.41, 5.74) is 2.15. The van der Waals surface area contributed by atoms with Crippen LogP contribution in [0.4, 0.5) is 5.69 Å². The minimum atomic E-state index is 0.651. The average Bonchev–Trinajstić information content (AvgIpc) is 2.65. The molecule has 0 saturated heterocycles. The maximum absolute atomic E-state index is 5.56. The van der Waals surface area contributed by atoms with Gasteiger partial charge in [0.05, 0.1) is 11.6 Å². The zero-order valence-corrected chi connectivity index (χ0v) is 7.87. The van der Waals surface area contributed by atoms with Crippen molar-refractivity contribution in [1.29, 1.82) is 0 Å². The fraction of sp³-hybridized carbons (Fsp3) is 0.182. The lowest BCUT2D eigenvalue weighted by atomic mass is 10.1. The van der Waals surface area contributed by atoms with E-state index in [4.69, 9.17) is 4.74 Å². The number of allylic oxidation sites excluding steroid dienone is 1. The first-order chi connectivity index (χ1) is 6.84. The van der Waals surface area contributed by atoms with Gasteiger partial charge in [-0.15, -0.1) is 0 Å². The van der Waals surface area contributed by atoms with Crippen molar-refractivity contribution < 1.29 is 4.74 Å². The average molecular weight is 186 g/mol. The van der Waals surface area contributed by atoms with Gasteiger partial charge in [-0.25, -0.2) is 0 Å². The summed E-state index contributed by atoms with van der Waals surface area (Å²) in [6, 6.07) is 4.06. The molecule has 0 bridgehead atoms. The lowest BCUT2D eigenvalue weighted by Crippen LogP contribution is -2.16. The van der Waals surface area contributed by atoms with Crippen molar-refractivity contribution in [2.24, 2.45) is 4.99 Å². The molecule has 2 aliphatic rings. The van der Waals surface area contributed by atoms with E-state index in [1.807, 2.05) is 19.1 Å². The highest BCUT2D eigenvalue weighted by Gasteiger charge is 2.13. The van der Waals surface area contributed by atoms with Gasteiger partial charge in [0.1, 0.15) is 12.4 Å². The standard InChI is InChI=1S/C11H10N2O/c1-7-4-8-2-3-9-10(13-6-12-9)11(8)14-5-7/h2-5,13H,6H2,1H3. The number of hydrogen-bond donors (Lipinski definition) is 1. The van der Waals surface area contributed by atoms with Gasteiger partial charge >= 0.3 is 0 Å². The highest BCUT2D eigenvalue weighted by Crippen LogP contribution is 2.20. The molecule has 1 N–H and O–H groups in total. The molecule has 2 aliphatic heterocycles. The summed E-state index contributed by atoms with van der Waals surface area (Å²) >= 11 is 0. The fourth-order valence-electron chi connectivity index (χ4n) is 1.77. The summed E-state index contributed by atoms with van der Waals surface area (Å²) in [6.45, 7) is 2.67. The maximum atomic E-state index is 5.56. The van der Waals surface area contributed by atoms with Crippen LogP contribution in [0.15, 0.2) is 29.0 Å². The molecule has 1 aromatic carbocycles. The monoisotopic (exact) mass is 186 g/mol. The molecule has 1 aromatic rings. The smallest absolute Gasteiger partial charge is 0.159 e. The summed E-state index contributed by atoms with van der Waals surface area (Å²) in [5.74, 6) is 0.898. The number of fused-ring (bicyclic) bond motifs is 3. The molecule has 14 heavy (non-hydrogen) atoms. The number of ether oxygens (including phenoxy) is 1. The van der Waals surface area contributed by atoms with Gasteiger partial charge in [0.25, 0.3) is 0 Å². The van der Waals surface area contributed by atoms with Gasteiger partial charge in [0.2, 0.25) is 0 Å². The van der Waals surface area contributed by atoms with E-state index in [1.54, 1.807) is 6.26 Å². The third kappa shape index (κ3) is 0.954. The molecule has 3 nitrogen and oxygen atoms in total. The molecule has 0 fully saturated rings. The minimum absolute atomic E-state index is 0.651. The minimum Gasteiger partial charge on any atom is -0.462 e. The lowest BCUT2D eigenvalue weighted by Gasteiger charge is -2.11. The van der Waals surface area contributed by atoms with Gasteiger partial charge in [-0.3, -0.25) is 4.99 Å². The summed E-state index contributed by atoms with van der Waals surface area (Å²) < 4.78 is 5.56. The van der Waals surface area contributed by atoms with E-state index in [-0.39, 0.29) is 0 Å². The first-order valence-corrected chi connectivity index (χ1v) is 4.61. The molecule has 0 radical (unpaired) electrons. The van der Waals surface area contributed by atoms with Crippen LogP contribution in [-0.4, -0.2) is 6.67 Å². The molecule has 0 aliphatic carbocycles. The number of benzene rings is 1. The molecule has 0 aromatic heterocycles. The van der Waals surface area contributed by atoms with Crippen LogP contribution < -0.4 is 20.6 Å². The zero-order chi connectivity index (χ0) is 9.54. The van der Waals surface area contributed by atoms with Gasteiger partial charge in [0.15, 0.2) is 5.75 Å².